The molecule has 0 fully saturated rings. The van der Waals surface area contributed by atoms with E-state index >= 15 is 0 Å². The Kier molecular flexibility index (Phi) is 5.81. The van der Waals surface area contributed by atoms with Gasteiger partial charge in [-0.1, -0.05) is 61.2 Å². The molecule has 2 aromatic heterocycles. The molecule has 0 aliphatic heterocycles. The van der Waals surface area contributed by atoms with Gasteiger partial charge in [-0.15, -0.1) is 10.2 Å². The number of fused-ring (bicyclic) bond motifs is 1. The Hall–Kier alpha value is -2.86. The number of benzene rings is 2. The average Bonchev–Trinajstić information content (AvgIpc) is 3.13. The third-order valence-electron chi connectivity index (χ3n) is 4.97. The summed E-state index contributed by atoms with van der Waals surface area (Å²) >= 11 is 1.60. The van der Waals surface area contributed by atoms with Crippen LogP contribution in [0.15, 0.2) is 69.0 Å². The molecular formula is C23H23N3O2S. The van der Waals surface area contributed by atoms with E-state index in [0.717, 1.165) is 46.9 Å². The number of hydrogen-bond donors (Lipinski definition) is 0. The molecule has 0 aliphatic rings. The second kappa shape index (κ2) is 8.66. The summed E-state index contributed by atoms with van der Waals surface area (Å²) in [5.41, 5.74) is 3.66. The highest BCUT2D eigenvalue weighted by Crippen LogP contribution is 2.27. The summed E-state index contributed by atoms with van der Waals surface area (Å²) in [5.74, 6) is 1.59. The van der Waals surface area contributed by atoms with E-state index in [1.54, 1.807) is 17.8 Å². The van der Waals surface area contributed by atoms with Gasteiger partial charge >= 0.3 is 5.63 Å². The first-order chi connectivity index (χ1) is 14.2. The minimum Gasteiger partial charge on any atom is -0.423 e. The number of rotatable bonds is 7. The maximum atomic E-state index is 12.0. The van der Waals surface area contributed by atoms with Crippen molar-refractivity contribution in [2.24, 2.45) is 0 Å². The minimum atomic E-state index is -0.317. The lowest BCUT2D eigenvalue weighted by Gasteiger charge is -2.09. The van der Waals surface area contributed by atoms with Crippen molar-refractivity contribution in [3.63, 3.8) is 0 Å². The van der Waals surface area contributed by atoms with Crippen LogP contribution >= 0.6 is 11.8 Å². The molecule has 0 atom stereocenters. The van der Waals surface area contributed by atoms with E-state index < -0.39 is 0 Å². The van der Waals surface area contributed by atoms with Crippen molar-refractivity contribution in [3.8, 4) is 0 Å². The first-order valence-corrected chi connectivity index (χ1v) is 10.8. The third-order valence-corrected chi connectivity index (χ3v) is 5.99. The second-order valence-corrected chi connectivity index (χ2v) is 7.81. The highest BCUT2D eigenvalue weighted by atomic mass is 32.2. The van der Waals surface area contributed by atoms with Gasteiger partial charge in [0.2, 0.25) is 0 Å². The zero-order valence-electron chi connectivity index (χ0n) is 16.6. The Labute approximate surface area is 173 Å². The molecule has 0 spiro atoms. The molecule has 0 radical (unpaired) electrons. The molecule has 2 aromatic carbocycles. The van der Waals surface area contributed by atoms with Crippen LogP contribution < -0.4 is 5.63 Å². The van der Waals surface area contributed by atoms with E-state index in [1.807, 2.05) is 30.3 Å². The smallest absolute Gasteiger partial charge is 0.336 e. The number of nitrogens with zero attached hydrogens (tertiary/aromatic N) is 3. The van der Waals surface area contributed by atoms with E-state index in [1.165, 1.54) is 5.56 Å². The van der Waals surface area contributed by atoms with Crippen molar-refractivity contribution >= 4 is 22.7 Å². The van der Waals surface area contributed by atoms with Gasteiger partial charge in [0.1, 0.15) is 11.4 Å². The lowest BCUT2D eigenvalue weighted by atomic mass is 10.1. The van der Waals surface area contributed by atoms with Gasteiger partial charge in [0, 0.05) is 30.2 Å². The van der Waals surface area contributed by atoms with Crippen molar-refractivity contribution in [1.29, 1.82) is 0 Å². The summed E-state index contributed by atoms with van der Waals surface area (Å²) in [7, 11) is 0. The maximum Gasteiger partial charge on any atom is 0.336 e. The Morgan fingerprint density at radius 2 is 1.83 bits per heavy atom. The molecule has 4 rings (SSSR count). The predicted molar refractivity (Wildman–Crippen MR) is 116 cm³/mol. The quantitative estimate of drug-likeness (QED) is 0.325. The van der Waals surface area contributed by atoms with Gasteiger partial charge in [-0.25, -0.2) is 4.79 Å². The van der Waals surface area contributed by atoms with Crippen molar-refractivity contribution in [1.82, 2.24) is 14.8 Å². The molecule has 6 heteroatoms. The summed E-state index contributed by atoms with van der Waals surface area (Å²) in [5, 5.41) is 10.7. The summed E-state index contributed by atoms with van der Waals surface area (Å²) in [6, 6.07) is 17.9. The SMILES string of the molecule is CCc1ccc2c(CSc3nnc(Cc4ccccc4)n3CC)cc(=O)oc2c1. The second-order valence-electron chi connectivity index (χ2n) is 6.87. The molecule has 0 N–H and O–H groups in total. The molecule has 0 bridgehead atoms. The summed E-state index contributed by atoms with van der Waals surface area (Å²) in [4.78, 5) is 12.0. The number of hydrogen-bond acceptors (Lipinski definition) is 5. The van der Waals surface area contributed by atoms with Crippen LogP contribution in [0.2, 0.25) is 0 Å². The van der Waals surface area contributed by atoms with Gasteiger partial charge < -0.3 is 8.98 Å². The Balaban J connectivity index is 1.59. The molecule has 148 valence electrons. The first-order valence-electron chi connectivity index (χ1n) is 9.82. The van der Waals surface area contributed by atoms with Gasteiger partial charge in [-0.05, 0) is 36.1 Å². The van der Waals surface area contributed by atoms with Gasteiger partial charge in [0.25, 0.3) is 0 Å². The normalized spacial score (nSPS) is 11.2. The minimum absolute atomic E-state index is 0.317. The molecule has 0 aliphatic carbocycles. The Morgan fingerprint density at radius 1 is 1.00 bits per heavy atom. The van der Waals surface area contributed by atoms with E-state index in [4.69, 9.17) is 4.42 Å². The fourth-order valence-electron chi connectivity index (χ4n) is 3.41. The number of thioether (sulfide) groups is 1. The van der Waals surface area contributed by atoms with E-state index in [2.05, 4.69) is 46.8 Å². The van der Waals surface area contributed by atoms with Crippen LogP contribution in [0, 0.1) is 0 Å². The average molecular weight is 406 g/mol. The highest BCUT2D eigenvalue weighted by Gasteiger charge is 2.14. The van der Waals surface area contributed by atoms with Gasteiger partial charge in [0.05, 0.1) is 0 Å². The zero-order valence-corrected chi connectivity index (χ0v) is 17.4. The molecule has 29 heavy (non-hydrogen) atoms. The topological polar surface area (TPSA) is 60.9 Å². The van der Waals surface area contributed by atoms with Crippen LogP contribution in [0.25, 0.3) is 11.0 Å². The number of aromatic nitrogens is 3. The lowest BCUT2D eigenvalue weighted by Crippen LogP contribution is -2.04. The van der Waals surface area contributed by atoms with Crippen LogP contribution in [-0.2, 0) is 25.1 Å². The molecule has 0 saturated heterocycles. The monoisotopic (exact) mass is 405 g/mol. The number of aryl methyl sites for hydroxylation is 1. The highest BCUT2D eigenvalue weighted by molar-refractivity contribution is 7.98. The summed E-state index contributed by atoms with van der Waals surface area (Å²) in [6.45, 7) is 4.99. The Morgan fingerprint density at radius 3 is 2.59 bits per heavy atom. The van der Waals surface area contributed by atoms with Crippen LogP contribution in [0.5, 0.6) is 0 Å². The molecular weight excluding hydrogens is 382 g/mol. The van der Waals surface area contributed by atoms with Crippen LogP contribution in [0.1, 0.15) is 36.4 Å². The molecule has 4 aromatic rings. The van der Waals surface area contributed by atoms with Crippen LogP contribution in [0.3, 0.4) is 0 Å². The molecule has 0 amide bonds. The van der Waals surface area contributed by atoms with Crippen molar-refractivity contribution < 1.29 is 4.42 Å². The standard InChI is InChI=1S/C23H23N3O2S/c1-3-16-10-11-19-18(14-22(27)28-20(19)12-16)15-29-23-25-24-21(26(23)4-2)13-17-8-6-5-7-9-17/h5-12,14H,3-4,13,15H2,1-2H3. The van der Waals surface area contributed by atoms with Crippen LogP contribution in [-0.4, -0.2) is 14.8 Å². The van der Waals surface area contributed by atoms with Crippen molar-refractivity contribution in [2.45, 2.75) is 44.1 Å². The summed E-state index contributed by atoms with van der Waals surface area (Å²) < 4.78 is 7.55. The zero-order chi connectivity index (χ0) is 20.2. The third kappa shape index (κ3) is 4.27. The van der Waals surface area contributed by atoms with Crippen molar-refractivity contribution in [3.05, 3.63) is 87.5 Å². The first kappa shape index (κ1) is 19.5. The molecule has 5 nitrogen and oxygen atoms in total. The van der Waals surface area contributed by atoms with E-state index in [9.17, 15) is 4.79 Å². The lowest BCUT2D eigenvalue weighted by molar-refractivity contribution is 0.559. The predicted octanol–water partition coefficient (Wildman–Crippen LogP) is 4.85. The van der Waals surface area contributed by atoms with E-state index in [-0.39, 0.29) is 5.63 Å². The summed E-state index contributed by atoms with van der Waals surface area (Å²) in [6.07, 6.45) is 1.66. The van der Waals surface area contributed by atoms with Crippen molar-refractivity contribution in [2.75, 3.05) is 0 Å². The van der Waals surface area contributed by atoms with E-state index in [0.29, 0.717) is 11.3 Å². The Bertz CT molecular complexity index is 1180. The maximum absolute atomic E-state index is 12.0. The van der Waals surface area contributed by atoms with Gasteiger partial charge in [-0.3, -0.25) is 0 Å². The molecule has 2 heterocycles. The molecule has 0 unspecified atom stereocenters. The van der Waals surface area contributed by atoms with Crippen LogP contribution in [0.4, 0.5) is 0 Å². The fourth-order valence-corrected chi connectivity index (χ4v) is 4.42. The fraction of sp³-hybridized carbons (Fsp3) is 0.261. The van der Waals surface area contributed by atoms with Gasteiger partial charge in [-0.2, -0.15) is 0 Å². The van der Waals surface area contributed by atoms with Gasteiger partial charge in [0.15, 0.2) is 5.16 Å². The molecule has 0 saturated carbocycles. The largest absolute Gasteiger partial charge is 0.423 e.